The first-order chi connectivity index (χ1) is 13.3. The normalized spacial score (nSPS) is 12.4. The van der Waals surface area contributed by atoms with Gasteiger partial charge in [-0.1, -0.05) is 0 Å². The summed E-state index contributed by atoms with van der Waals surface area (Å²) >= 11 is 0. The monoisotopic (exact) mass is 401 g/mol. The average Bonchev–Trinajstić information content (AvgIpc) is 3.13. The van der Waals surface area contributed by atoms with E-state index >= 15 is 0 Å². The second-order valence-corrected chi connectivity index (χ2v) is 8.93. The Balaban J connectivity index is 2.18. The summed E-state index contributed by atoms with van der Waals surface area (Å²) in [4.78, 5) is 35.6. The maximum atomic E-state index is 12.7. The van der Waals surface area contributed by atoms with Crippen LogP contribution in [0.5, 0.6) is 0 Å². The second kappa shape index (κ2) is 6.75. The van der Waals surface area contributed by atoms with E-state index in [-0.39, 0.29) is 0 Å². The third-order valence-corrected chi connectivity index (χ3v) is 4.05. The van der Waals surface area contributed by atoms with Crippen LogP contribution in [0.4, 0.5) is 15.4 Å². The van der Waals surface area contributed by atoms with Crippen LogP contribution in [0.2, 0.25) is 0 Å². The van der Waals surface area contributed by atoms with Gasteiger partial charge >= 0.3 is 12.2 Å². The molecule has 0 fully saturated rings. The fourth-order valence-corrected chi connectivity index (χ4v) is 2.90. The van der Waals surface area contributed by atoms with Crippen molar-refractivity contribution in [3.63, 3.8) is 0 Å². The van der Waals surface area contributed by atoms with Crippen molar-refractivity contribution in [3.8, 4) is 0 Å². The number of carbonyl (C=O) groups excluding carboxylic acids is 2. The number of hydrogen-bond donors (Lipinski definition) is 0. The molecular formula is C20H27N5O4. The smallest absolute Gasteiger partial charge is 0.420 e. The van der Waals surface area contributed by atoms with Crippen LogP contribution in [0, 0.1) is 0 Å². The van der Waals surface area contributed by atoms with E-state index in [0.29, 0.717) is 17.0 Å². The Labute approximate surface area is 169 Å². The number of rotatable bonds is 1. The van der Waals surface area contributed by atoms with E-state index in [4.69, 9.17) is 9.47 Å². The van der Waals surface area contributed by atoms with Crippen LogP contribution in [-0.2, 0) is 16.5 Å². The van der Waals surface area contributed by atoms with Gasteiger partial charge < -0.3 is 14.0 Å². The van der Waals surface area contributed by atoms with Crippen molar-refractivity contribution < 1.29 is 19.1 Å². The first-order valence-corrected chi connectivity index (χ1v) is 9.30. The van der Waals surface area contributed by atoms with Crippen LogP contribution in [0.25, 0.3) is 22.1 Å². The van der Waals surface area contributed by atoms with Crippen LogP contribution in [-0.4, -0.2) is 49.5 Å². The number of pyridine rings is 1. The molecule has 0 aliphatic carbocycles. The van der Waals surface area contributed by atoms with Crippen LogP contribution in [0.3, 0.4) is 0 Å². The Bertz CT molecular complexity index is 1100. The highest BCUT2D eigenvalue weighted by molar-refractivity contribution is 6.10. The van der Waals surface area contributed by atoms with E-state index in [0.717, 1.165) is 10.9 Å². The topological polar surface area (TPSA) is 91.5 Å². The lowest BCUT2D eigenvalue weighted by Gasteiger charge is -2.24. The van der Waals surface area contributed by atoms with Gasteiger partial charge in [0.2, 0.25) is 0 Å². The van der Waals surface area contributed by atoms with Gasteiger partial charge in [0.25, 0.3) is 0 Å². The molecule has 0 aliphatic heterocycles. The molecule has 3 aromatic heterocycles. The van der Waals surface area contributed by atoms with Crippen LogP contribution < -0.4 is 4.90 Å². The van der Waals surface area contributed by atoms with Gasteiger partial charge in [0.15, 0.2) is 11.5 Å². The molecule has 0 saturated carbocycles. The van der Waals surface area contributed by atoms with Crippen molar-refractivity contribution in [2.45, 2.75) is 52.7 Å². The maximum Gasteiger partial charge on any atom is 0.420 e. The van der Waals surface area contributed by atoms with Crippen molar-refractivity contribution in [2.24, 2.45) is 7.05 Å². The van der Waals surface area contributed by atoms with Crippen LogP contribution >= 0.6 is 0 Å². The Kier molecular flexibility index (Phi) is 4.80. The van der Waals surface area contributed by atoms with Gasteiger partial charge in [-0.2, -0.15) is 0 Å². The van der Waals surface area contributed by atoms with Crippen molar-refractivity contribution in [1.82, 2.24) is 19.1 Å². The molecule has 1 amide bonds. The zero-order valence-corrected chi connectivity index (χ0v) is 18.1. The molecule has 3 rings (SSSR count). The Morgan fingerprint density at radius 3 is 2.28 bits per heavy atom. The molecule has 3 heterocycles. The van der Waals surface area contributed by atoms with Gasteiger partial charge in [-0.3, -0.25) is 4.90 Å². The lowest BCUT2D eigenvalue weighted by atomic mass is 10.2. The number of fused-ring (bicyclic) bond motifs is 3. The Morgan fingerprint density at radius 2 is 1.69 bits per heavy atom. The molecule has 0 aliphatic rings. The summed E-state index contributed by atoms with van der Waals surface area (Å²) in [5.41, 5.74) is 0.356. The number of carbonyl (C=O) groups is 2. The highest BCUT2D eigenvalue weighted by atomic mass is 16.6. The summed E-state index contributed by atoms with van der Waals surface area (Å²) in [6.07, 6.45) is 2.14. The van der Waals surface area contributed by atoms with Gasteiger partial charge in [0.1, 0.15) is 16.7 Å². The highest BCUT2D eigenvalue weighted by Crippen LogP contribution is 2.31. The van der Waals surface area contributed by atoms with Crippen molar-refractivity contribution in [3.05, 3.63) is 18.6 Å². The van der Waals surface area contributed by atoms with Gasteiger partial charge in [-0.05, 0) is 47.6 Å². The lowest BCUT2D eigenvalue weighted by molar-refractivity contribution is 0.0542. The standard InChI is InChI=1S/C20H27N5O4/c1-19(2,3)28-17(26)24(8)16-13-14(23(7)11-21-13)12-9-10-25(15(12)22-16)18(27)29-20(4,5)6/h9-11H,1-8H3. The summed E-state index contributed by atoms with van der Waals surface area (Å²) in [6, 6.07) is 1.79. The molecule has 3 aromatic rings. The minimum absolute atomic E-state index is 0.297. The molecule has 9 heteroatoms. The minimum Gasteiger partial charge on any atom is -0.443 e. The van der Waals surface area contributed by atoms with Crippen LogP contribution in [0.15, 0.2) is 18.6 Å². The zero-order chi connectivity index (χ0) is 21.7. The molecule has 0 aromatic carbocycles. The number of hydrogen-bond acceptors (Lipinski definition) is 6. The van der Waals surface area contributed by atoms with E-state index in [1.54, 1.807) is 67.2 Å². The molecule has 0 unspecified atom stereocenters. The number of aromatic nitrogens is 4. The van der Waals surface area contributed by atoms with E-state index < -0.39 is 23.4 Å². The molecule has 0 N–H and O–H groups in total. The molecule has 0 bridgehead atoms. The predicted octanol–water partition coefficient (Wildman–Crippen LogP) is 4.08. The zero-order valence-electron chi connectivity index (χ0n) is 18.1. The lowest BCUT2D eigenvalue weighted by Crippen LogP contribution is -2.34. The average molecular weight is 401 g/mol. The van der Waals surface area contributed by atoms with Gasteiger partial charge in [0, 0.05) is 25.7 Å². The van der Waals surface area contributed by atoms with E-state index in [2.05, 4.69) is 9.97 Å². The van der Waals surface area contributed by atoms with Crippen molar-refractivity contribution in [2.75, 3.05) is 11.9 Å². The fraction of sp³-hybridized carbons (Fsp3) is 0.500. The number of ether oxygens (including phenoxy) is 2. The number of amides is 1. The summed E-state index contributed by atoms with van der Waals surface area (Å²) in [6.45, 7) is 10.8. The Morgan fingerprint density at radius 1 is 1.07 bits per heavy atom. The number of nitrogens with zero attached hydrogens (tertiary/aromatic N) is 5. The van der Waals surface area contributed by atoms with Crippen molar-refractivity contribution in [1.29, 1.82) is 0 Å². The Hall–Kier alpha value is -3.10. The number of aryl methyl sites for hydroxylation is 1. The quantitative estimate of drug-likeness (QED) is 0.610. The first kappa shape index (κ1) is 20.6. The summed E-state index contributed by atoms with van der Waals surface area (Å²) in [7, 11) is 3.41. The number of imidazole rings is 1. The third kappa shape index (κ3) is 4.03. The molecule has 0 spiro atoms. The molecule has 9 nitrogen and oxygen atoms in total. The predicted molar refractivity (Wildman–Crippen MR) is 110 cm³/mol. The summed E-state index contributed by atoms with van der Waals surface area (Å²) < 4.78 is 14.1. The summed E-state index contributed by atoms with van der Waals surface area (Å²) in [5.74, 6) is 0.297. The summed E-state index contributed by atoms with van der Waals surface area (Å²) in [5, 5.41) is 0.729. The fourth-order valence-electron chi connectivity index (χ4n) is 2.90. The molecule has 29 heavy (non-hydrogen) atoms. The van der Waals surface area contributed by atoms with Crippen LogP contribution in [0.1, 0.15) is 41.5 Å². The minimum atomic E-state index is -0.657. The third-order valence-electron chi connectivity index (χ3n) is 4.05. The van der Waals surface area contributed by atoms with E-state index in [9.17, 15) is 9.59 Å². The van der Waals surface area contributed by atoms with Crippen molar-refractivity contribution >= 4 is 40.1 Å². The molecule has 0 radical (unpaired) electrons. The SMILES string of the molecule is CN(C(=O)OC(C)(C)C)c1nc2c(ccn2C(=O)OC(C)(C)C)c2c1ncn2C. The maximum absolute atomic E-state index is 12.7. The van der Waals surface area contributed by atoms with Gasteiger partial charge in [-0.25, -0.2) is 24.1 Å². The second-order valence-electron chi connectivity index (χ2n) is 8.93. The first-order valence-electron chi connectivity index (χ1n) is 9.30. The van der Waals surface area contributed by atoms with Gasteiger partial charge in [-0.15, -0.1) is 0 Å². The van der Waals surface area contributed by atoms with E-state index in [1.807, 2.05) is 11.6 Å². The van der Waals surface area contributed by atoms with Gasteiger partial charge in [0.05, 0.1) is 11.8 Å². The number of anilines is 1. The molecule has 156 valence electrons. The molecule has 0 saturated heterocycles. The molecular weight excluding hydrogens is 374 g/mol. The largest absolute Gasteiger partial charge is 0.443 e. The van der Waals surface area contributed by atoms with E-state index in [1.165, 1.54) is 9.47 Å². The molecule has 0 atom stereocenters. The highest BCUT2D eigenvalue weighted by Gasteiger charge is 2.27.